The van der Waals surface area contributed by atoms with E-state index in [9.17, 15) is 14.0 Å². The Morgan fingerprint density at radius 3 is 2.81 bits per heavy atom. The first-order valence-electron chi connectivity index (χ1n) is 11.2. The summed E-state index contributed by atoms with van der Waals surface area (Å²) in [6.07, 6.45) is 5.69. The third-order valence-electron chi connectivity index (χ3n) is 6.19. The van der Waals surface area contributed by atoms with Gasteiger partial charge in [0.15, 0.2) is 5.16 Å². The second kappa shape index (κ2) is 8.98. The van der Waals surface area contributed by atoms with Gasteiger partial charge in [-0.1, -0.05) is 30.8 Å². The molecule has 2 aliphatic carbocycles. The van der Waals surface area contributed by atoms with E-state index in [0.717, 1.165) is 47.9 Å². The van der Waals surface area contributed by atoms with E-state index in [1.807, 2.05) is 0 Å². The van der Waals surface area contributed by atoms with Gasteiger partial charge in [0, 0.05) is 17.5 Å². The SMILES string of the molecule is CC1CCc2c(sc3nc(SCC(=O)NC4CC4)n(CCc4ccc(F)cc4)c(=O)c23)C1. The first-order valence-corrected chi connectivity index (χ1v) is 13.0. The van der Waals surface area contributed by atoms with Gasteiger partial charge in [0.25, 0.3) is 5.56 Å². The van der Waals surface area contributed by atoms with Crippen LogP contribution in [0.1, 0.15) is 42.2 Å². The van der Waals surface area contributed by atoms with Crippen molar-refractivity contribution in [3.8, 4) is 0 Å². The number of aryl methyl sites for hydroxylation is 2. The van der Waals surface area contributed by atoms with E-state index in [2.05, 4.69) is 12.2 Å². The predicted octanol–water partition coefficient (Wildman–Crippen LogP) is 4.34. The Hall–Kier alpha value is -2.19. The first-order chi connectivity index (χ1) is 15.5. The number of halogens is 1. The molecule has 2 aromatic heterocycles. The van der Waals surface area contributed by atoms with Crippen LogP contribution < -0.4 is 10.9 Å². The largest absolute Gasteiger partial charge is 0.353 e. The summed E-state index contributed by atoms with van der Waals surface area (Å²) in [5.41, 5.74) is 2.11. The third kappa shape index (κ3) is 4.62. The van der Waals surface area contributed by atoms with Crippen molar-refractivity contribution in [2.75, 3.05) is 5.75 Å². The highest BCUT2D eigenvalue weighted by Gasteiger charge is 2.26. The Kier molecular flexibility index (Phi) is 6.07. The highest BCUT2D eigenvalue weighted by Crippen LogP contribution is 2.36. The molecule has 32 heavy (non-hydrogen) atoms. The van der Waals surface area contributed by atoms with Crippen molar-refractivity contribution in [3.05, 3.63) is 56.4 Å². The molecule has 0 spiro atoms. The van der Waals surface area contributed by atoms with E-state index in [-0.39, 0.29) is 23.0 Å². The fourth-order valence-corrected chi connectivity index (χ4v) is 6.49. The number of hydrogen-bond donors (Lipinski definition) is 1. The van der Waals surface area contributed by atoms with E-state index in [0.29, 0.717) is 30.1 Å². The van der Waals surface area contributed by atoms with Crippen LogP contribution in [0, 0.1) is 11.7 Å². The molecule has 5 rings (SSSR count). The number of carbonyl (C=O) groups excluding carboxylic acids is 1. The maximum absolute atomic E-state index is 13.6. The van der Waals surface area contributed by atoms with Gasteiger partial charge in [-0.2, -0.15) is 0 Å². The summed E-state index contributed by atoms with van der Waals surface area (Å²) >= 11 is 2.96. The minimum Gasteiger partial charge on any atom is -0.353 e. The molecule has 2 aliphatic rings. The zero-order chi connectivity index (χ0) is 22.2. The van der Waals surface area contributed by atoms with Crippen molar-refractivity contribution in [3.63, 3.8) is 0 Å². The van der Waals surface area contributed by atoms with Crippen molar-refractivity contribution >= 4 is 39.2 Å². The molecule has 1 unspecified atom stereocenters. The number of thioether (sulfide) groups is 1. The van der Waals surface area contributed by atoms with Crippen LogP contribution in [0.5, 0.6) is 0 Å². The van der Waals surface area contributed by atoms with E-state index in [4.69, 9.17) is 4.98 Å². The number of amides is 1. The number of fused-ring (bicyclic) bond motifs is 3. The Morgan fingerprint density at radius 2 is 2.06 bits per heavy atom. The molecule has 0 radical (unpaired) electrons. The lowest BCUT2D eigenvalue weighted by atomic mass is 9.89. The normalized spacial score (nSPS) is 18.0. The zero-order valence-electron chi connectivity index (χ0n) is 18.0. The topological polar surface area (TPSA) is 64.0 Å². The molecule has 1 amide bonds. The molecule has 3 aromatic rings. The zero-order valence-corrected chi connectivity index (χ0v) is 19.7. The fraction of sp³-hybridized carbons (Fsp3) is 0.458. The Morgan fingerprint density at radius 1 is 1.28 bits per heavy atom. The van der Waals surface area contributed by atoms with Gasteiger partial charge >= 0.3 is 0 Å². The second-order valence-corrected chi connectivity index (χ2v) is 10.9. The Labute approximate surface area is 194 Å². The number of thiophene rings is 1. The molecule has 1 N–H and O–H groups in total. The standard InChI is InChI=1S/C24H26FN3O2S2/c1-14-2-9-18-19(12-14)32-22-21(18)23(30)28(11-10-15-3-5-16(25)6-4-15)24(27-22)31-13-20(29)26-17-7-8-17/h3-6,14,17H,2,7-13H2,1H3,(H,26,29). The lowest BCUT2D eigenvalue weighted by Crippen LogP contribution is -2.28. The van der Waals surface area contributed by atoms with E-state index in [1.54, 1.807) is 28.0 Å². The Bertz CT molecular complexity index is 1210. The van der Waals surface area contributed by atoms with Crippen molar-refractivity contribution < 1.29 is 9.18 Å². The summed E-state index contributed by atoms with van der Waals surface area (Å²) in [4.78, 5) is 32.8. The molecular formula is C24H26FN3O2S2. The maximum atomic E-state index is 13.6. The monoisotopic (exact) mass is 471 g/mol. The summed E-state index contributed by atoms with van der Waals surface area (Å²) in [6.45, 7) is 2.70. The van der Waals surface area contributed by atoms with Crippen LogP contribution in [0.25, 0.3) is 10.2 Å². The highest BCUT2D eigenvalue weighted by atomic mass is 32.2. The van der Waals surface area contributed by atoms with Crippen LogP contribution in [0.2, 0.25) is 0 Å². The number of carbonyl (C=O) groups is 1. The van der Waals surface area contributed by atoms with Gasteiger partial charge < -0.3 is 5.32 Å². The number of rotatable bonds is 7. The van der Waals surface area contributed by atoms with Crippen LogP contribution in [-0.2, 0) is 30.6 Å². The van der Waals surface area contributed by atoms with Crippen LogP contribution in [0.3, 0.4) is 0 Å². The minimum atomic E-state index is -0.272. The van der Waals surface area contributed by atoms with Crippen LogP contribution in [0.15, 0.2) is 34.2 Å². The molecule has 5 nitrogen and oxygen atoms in total. The molecule has 0 bridgehead atoms. The van der Waals surface area contributed by atoms with Crippen molar-refractivity contribution in [1.82, 2.24) is 14.9 Å². The summed E-state index contributed by atoms with van der Waals surface area (Å²) in [5.74, 6) is 0.575. The molecule has 0 saturated heterocycles. The van der Waals surface area contributed by atoms with Gasteiger partial charge in [0.1, 0.15) is 10.6 Å². The lowest BCUT2D eigenvalue weighted by Gasteiger charge is -2.18. The second-order valence-electron chi connectivity index (χ2n) is 8.89. The summed E-state index contributed by atoms with van der Waals surface area (Å²) in [5, 5.41) is 4.33. The smallest absolute Gasteiger partial charge is 0.263 e. The third-order valence-corrected chi connectivity index (χ3v) is 8.32. The molecule has 168 valence electrons. The van der Waals surface area contributed by atoms with E-state index < -0.39 is 0 Å². The van der Waals surface area contributed by atoms with Crippen LogP contribution in [0.4, 0.5) is 4.39 Å². The molecule has 1 aromatic carbocycles. The molecule has 0 aliphatic heterocycles. The maximum Gasteiger partial charge on any atom is 0.263 e. The van der Waals surface area contributed by atoms with Gasteiger partial charge in [-0.15, -0.1) is 11.3 Å². The average Bonchev–Trinajstić information content (AvgIpc) is 3.50. The fourth-order valence-electron chi connectivity index (χ4n) is 4.23. The molecular weight excluding hydrogens is 445 g/mol. The highest BCUT2D eigenvalue weighted by molar-refractivity contribution is 7.99. The number of benzene rings is 1. The molecule has 1 fully saturated rings. The van der Waals surface area contributed by atoms with Crippen molar-refractivity contribution in [2.45, 2.75) is 63.2 Å². The lowest BCUT2D eigenvalue weighted by molar-refractivity contribution is -0.118. The molecule has 8 heteroatoms. The van der Waals surface area contributed by atoms with E-state index in [1.165, 1.54) is 34.3 Å². The number of nitrogens with zero attached hydrogens (tertiary/aromatic N) is 2. The molecule has 1 atom stereocenters. The van der Waals surface area contributed by atoms with Crippen molar-refractivity contribution in [1.29, 1.82) is 0 Å². The average molecular weight is 472 g/mol. The number of hydrogen-bond acceptors (Lipinski definition) is 5. The quantitative estimate of drug-likeness (QED) is 0.411. The van der Waals surface area contributed by atoms with Crippen molar-refractivity contribution in [2.24, 2.45) is 5.92 Å². The summed E-state index contributed by atoms with van der Waals surface area (Å²) in [7, 11) is 0. The van der Waals surface area contributed by atoms with Gasteiger partial charge in [0.2, 0.25) is 5.91 Å². The Balaban J connectivity index is 1.48. The van der Waals surface area contributed by atoms with Crippen LogP contribution in [-0.4, -0.2) is 27.3 Å². The minimum absolute atomic E-state index is 0.0174. The van der Waals surface area contributed by atoms with Gasteiger partial charge in [-0.3, -0.25) is 14.2 Å². The van der Waals surface area contributed by atoms with Gasteiger partial charge in [-0.05, 0) is 67.7 Å². The number of aromatic nitrogens is 2. The predicted molar refractivity (Wildman–Crippen MR) is 127 cm³/mol. The van der Waals surface area contributed by atoms with E-state index >= 15 is 0 Å². The van der Waals surface area contributed by atoms with Gasteiger partial charge in [-0.25, -0.2) is 9.37 Å². The summed E-state index contributed by atoms with van der Waals surface area (Å²) in [6, 6.07) is 6.68. The first kappa shape index (κ1) is 21.6. The molecule has 2 heterocycles. The molecule has 1 saturated carbocycles. The summed E-state index contributed by atoms with van der Waals surface area (Å²) < 4.78 is 15.0. The van der Waals surface area contributed by atoms with Gasteiger partial charge in [0.05, 0.1) is 11.1 Å². The number of nitrogens with one attached hydrogen (secondary N) is 1. The van der Waals surface area contributed by atoms with Crippen LogP contribution >= 0.6 is 23.1 Å².